The zero-order valence-corrected chi connectivity index (χ0v) is 10.8. The molecule has 15 heavy (non-hydrogen) atoms. The Bertz CT molecular complexity index is 229. The number of nitrogens with zero attached hydrogens (tertiary/aromatic N) is 1. The van der Waals surface area contributed by atoms with E-state index in [0.29, 0.717) is 5.31 Å². The van der Waals surface area contributed by atoms with Crippen LogP contribution in [0.3, 0.4) is 0 Å². The average molecular weight is 206 g/mol. The Hall–Kier alpha value is 0.0249. The van der Waals surface area contributed by atoms with E-state index in [2.05, 4.69) is 40.1 Å². The van der Waals surface area contributed by atoms with E-state index in [1.165, 1.54) is 32.1 Å². The van der Waals surface area contributed by atoms with Gasteiger partial charge in [-0.15, -0.1) is 0 Å². The van der Waals surface area contributed by atoms with Crippen molar-refractivity contribution in [2.45, 2.75) is 63.1 Å². The first-order valence-electron chi connectivity index (χ1n) is 6.61. The maximum absolute atomic E-state index is 2.63. The molecule has 1 aliphatic carbocycles. The molecule has 0 aromatic carbocycles. The molecule has 1 saturated carbocycles. The van der Waals surface area contributed by atoms with Gasteiger partial charge in [-0.25, -0.2) is 0 Å². The van der Waals surface area contributed by atoms with Crippen LogP contribution in [0.1, 0.15) is 46.0 Å². The van der Waals surface area contributed by atoms with Crippen LogP contribution in [0.15, 0.2) is 0 Å². The first kappa shape index (κ1) is 11.5. The van der Waals surface area contributed by atoms with Gasteiger partial charge < -0.3 is 4.90 Å². The van der Waals surface area contributed by atoms with Crippen LogP contribution in [-0.2, 0) is 0 Å². The van der Waals surface area contributed by atoms with E-state index >= 15 is 0 Å². The van der Waals surface area contributed by atoms with Crippen LogP contribution in [0.5, 0.6) is 0 Å². The fourth-order valence-corrected chi connectivity index (χ4v) is 3.72. The molecule has 1 heterocycles. The molecule has 1 nitrogen and oxygen atoms in total. The standard InChI is InChI=1S/C13H25BN/c1-5-7-10-11(15(3)4)8-6-9-13(2)12(10)14-13/h10-12H,5-9H2,1-4H3. The van der Waals surface area contributed by atoms with Crippen molar-refractivity contribution in [1.82, 2.24) is 4.90 Å². The van der Waals surface area contributed by atoms with Crippen LogP contribution in [0.2, 0.25) is 11.1 Å². The Morgan fingerprint density at radius 3 is 2.73 bits per heavy atom. The molecule has 0 spiro atoms. The molecule has 0 aromatic heterocycles. The summed E-state index contributed by atoms with van der Waals surface area (Å²) in [4.78, 5) is 2.47. The molecule has 1 aliphatic heterocycles. The van der Waals surface area contributed by atoms with Crippen LogP contribution in [-0.4, -0.2) is 32.3 Å². The fourth-order valence-electron chi connectivity index (χ4n) is 3.72. The van der Waals surface area contributed by atoms with Gasteiger partial charge in [0.05, 0.1) is 0 Å². The minimum Gasteiger partial charge on any atom is -0.306 e. The highest BCUT2D eigenvalue weighted by Crippen LogP contribution is 2.66. The first-order chi connectivity index (χ1) is 7.08. The van der Waals surface area contributed by atoms with Gasteiger partial charge in [0.2, 0.25) is 0 Å². The molecule has 1 radical (unpaired) electrons. The smallest absolute Gasteiger partial charge is 0.121 e. The lowest BCUT2D eigenvalue weighted by Crippen LogP contribution is -2.35. The van der Waals surface area contributed by atoms with Crippen LogP contribution < -0.4 is 0 Å². The van der Waals surface area contributed by atoms with Crippen molar-refractivity contribution in [2.24, 2.45) is 5.92 Å². The van der Waals surface area contributed by atoms with E-state index < -0.39 is 0 Å². The van der Waals surface area contributed by atoms with E-state index in [9.17, 15) is 0 Å². The van der Waals surface area contributed by atoms with Crippen LogP contribution in [0, 0.1) is 5.92 Å². The lowest BCUT2D eigenvalue weighted by molar-refractivity contribution is 0.192. The third-order valence-corrected chi connectivity index (χ3v) is 4.67. The number of hydrogen-bond acceptors (Lipinski definition) is 1. The zero-order valence-electron chi connectivity index (χ0n) is 10.8. The molecule has 1 saturated heterocycles. The van der Waals surface area contributed by atoms with Gasteiger partial charge in [0.1, 0.15) is 7.28 Å². The molecule has 85 valence electrons. The van der Waals surface area contributed by atoms with E-state index in [-0.39, 0.29) is 0 Å². The number of hydrogen-bond donors (Lipinski definition) is 0. The molecule has 2 heteroatoms. The predicted molar refractivity (Wildman–Crippen MR) is 67.6 cm³/mol. The monoisotopic (exact) mass is 206 g/mol. The second-order valence-corrected chi connectivity index (χ2v) is 6.07. The Morgan fingerprint density at radius 2 is 2.13 bits per heavy atom. The Morgan fingerprint density at radius 1 is 1.40 bits per heavy atom. The highest BCUT2D eigenvalue weighted by Gasteiger charge is 2.56. The van der Waals surface area contributed by atoms with Gasteiger partial charge in [-0.1, -0.05) is 44.2 Å². The molecular weight excluding hydrogens is 181 g/mol. The van der Waals surface area contributed by atoms with Crippen molar-refractivity contribution in [3.05, 3.63) is 0 Å². The van der Waals surface area contributed by atoms with Gasteiger partial charge in [0.15, 0.2) is 0 Å². The summed E-state index contributed by atoms with van der Waals surface area (Å²) in [5.41, 5.74) is 0. The lowest BCUT2D eigenvalue weighted by atomic mass is 9.79. The third-order valence-electron chi connectivity index (χ3n) is 4.67. The maximum Gasteiger partial charge on any atom is 0.121 e. The topological polar surface area (TPSA) is 3.24 Å². The van der Waals surface area contributed by atoms with E-state index in [1.54, 1.807) is 0 Å². The largest absolute Gasteiger partial charge is 0.306 e. The summed E-state index contributed by atoms with van der Waals surface area (Å²) in [5, 5.41) is 0.616. The molecule has 2 aliphatic rings. The van der Waals surface area contributed by atoms with Crippen LogP contribution in [0.25, 0.3) is 0 Å². The Kier molecular flexibility index (Phi) is 3.16. The highest BCUT2D eigenvalue weighted by atomic mass is 15.1. The minimum atomic E-state index is 0.616. The SMILES string of the molecule is CCCC1C(N(C)C)CCCC2(C)[B]C12. The van der Waals surface area contributed by atoms with Crippen molar-refractivity contribution in [2.75, 3.05) is 14.1 Å². The van der Waals surface area contributed by atoms with Gasteiger partial charge in [-0.2, -0.15) is 0 Å². The summed E-state index contributed by atoms with van der Waals surface area (Å²) >= 11 is 0. The second-order valence-electron chi connectivity index (χ2n) is 6.07. The molecule has 2 rings (SSSR count). The van der Waals surface area contributed by atoms with Crippen molar-refractivity contribution in [3.63, 3.8) is 0 Å². The quantitative estimate of drug-likeness (QED) is 0.641. The van der Waals surface area contributed by atoms with Gasteiger partial charge >= 0.3 is 0 Å². The van der Waals surface area contributed by atoms with Gasteiger partial charge in [-0.05, 0) is 32.9 Å². The van der Waals surface area contributed by atoms with Gasteiger partial charge in [0.25, 0.3) is 0 Å². The van der Waals surface area contributed by atoms with Crippen LogP contribution >= 0.6 is 0 Å². The predicted octanol–water partition coefficient (Wildman–Crippen LogP) is 3.20. The van der Waals surface area contributed by atoms with Crippen LogP contribution in [0.4, 0.5) is 0 Å². The minimum absolute atomic E-state index is 0.616. The second kappa shape index (κ2) is 4.12. The molecule has 2 fully saturated rings. The van der Waals surface area contributed by atoms with Crippen molar-refractivity contribution in [3.8, 4) is 0 Å². The summed E-state index contributed by atoms with van der Waals surface area (Å²) in [6, 6.07) is 0.829. The van der Waals surface area contributed by atoms with Gasteiger partial charge in [-0.3, -0.25) is 0 Å². The zero-order chi connectivity index (χ0) is 11.1. The van der Waals surface area contributed by atoms with Crippen molar-refractivity contribution < 1.29 is 0 Å². The molecule has 0 amide bonds. The summed E-state index contributed by atoms with van der Waals surface area (Å²) in [6.07, 6.45) is 7.03. The summed E-state index contributed by atoms with van der Waals surface area (Å²) < 4.78 is 0. The highest BCUT2D eigenvalue weighted by molar-refractivity contribution is 6.56. The summed E-state index contributed by atoms with van der Waals surface area (Å²) in [6.45, 7) is 4.80. The molecule has 4 atom stereocenters. The van der Waals surface area contributed by atoms with E-state index in [0.717, 1.165) is 17.8 Å². The van der Waals surface area contributed by atoms with Gasteiger partial charge in [0, 0.05) is 6.04 Å². The van der Waals surface area contributed by atoms with Crippen molar-refractivity contribution >= 4 is 7.28 Å². The fraction of sp³-hybridized carbons (Fsp3) is 1.00. The molecule has 0 N–H and O–H groups in total. The molecular formula is C13H25BN. The number of rotatable bonds is 3. The lowest BCUT2D eigenvalue weighted by Gasteiger charge is -2.32. The van der Waals surface area contributed by atoms with E-state index in [1.807, 2.05) is 0 Å². The average Bonchev–Trinajstić information content (AvgIpc) is 2.82. The third kappa shape index (κ3) is 2.11. The first-order valence-corrected chi connectivity index (χ1v) is 6.61. The molecule has 0 bridgehead atoms. The molecule has 4 unspecified atom stereocenters. The normalized spacial score (nSPS) is 44.5. The molecule has 0 aromatic rings. The Balaban J connectivity index is 2.10. The Labute approximate surface area is 95.9 Å². The number of fused-ring (bicyclic) bond motifs is 1. The summed E-state index contributed by atoms with van der Waals surface area (Å²) in [5.74, 6) is 1.85. The van der Waals surface area contributed by atoms with Crippen molar-refractivity contribution in [1.29, 1.82) is 0 Å². The maximum atomic E-state index is 2.63. The summed E-state index contributed by atoms with van der Waals surface area (Å²) in [7, 11) is 7.15. The van der Waals surface area contributed by atoms with E-state index in [4.69, 9.17) is 0 Å².